The van der Waals surface area contributed by atoms with Crippen LogP contribution in [0.5, 0.6) is 5.75 Å². The van der Waals surface area contributed by atoms with E-state index in [1.165, 1.54) is 6.21 Å². The molecule has 0 saturated heterocycles. The number of rotatable bonds is 12. The summed E-state index contributed by atoms with van der Waals surface area (Å²) in [7, 11) is 0. The van der Waals surface area contributed by atoms with Crippen molar-refractivity contribution in [3.8, 4) is 17.0 Å². The van der Waals surface area contributed by atoms with Crippen LogP contribution in [0.15, 0.2) is 42.5 Å². The first kappa shape index (κ1) is 24.6. The van der Waals surface area contributed by atoms with Gasteiger partial charge in [0.15, 0.2) is 0 Å². The highest BCUT2D eigenvalue weighted by Crippen LogP contribution is 2.46. The fraction of sp³-hybridized carbons (Fsp3) is 0.407. The molecule has 0 atom stereocenters. The molecule has 8 nitrogen and oxygen atoms in total. The molecule has 0 aliphatic heterocycles. The van der Waals surface area contributed by atoms with Crippen LogP contribution < -0.4 is 21.1 Å². The van der Waals surface area contributed by atoms with E-state index in [2.05, 4.69) is 21.3 Å². The Morgan fingerprint density at radius 2 is 1.97 bits per heavy atom. The number of ether oxygens (including phenoxy) is 2. The molecular formula is C27H35N5O3. The zero-order chi connectivity index (χ0) is 24.8. The lowest BCUT2D eigenvalue weighted by atomic mass is 10.1. The van der Waals surface area contributed by atoms with E-state index in [-0.39, 0.29) is 6.10 Å². The Hall–Kier alpha value is -3.52. The van der Waals surface area contributed by atoms with Crippen molar-refractivity contribution in [2.75, 3.05) is 30.7 Å². The largest absolute Gasteiger partial charge is 0.493 e. The molecule has 0 bridgehead atoms. The molecule has 3 aromatic rings. The molecule has 1 amide bonds. The van der Waals surface area contributed by atoms with Crippen LogP contribution in [-0.2, 0) is 4.74 Å². The predicted octanol–water partition coefficient (Wildman–Crippen LogP) is 5.58. The average molecular weight is 478 g/mol. The standard InChI is InChI=1S/C27H35N5O3/c1-18(2)35-27(33)31-20-7-5-19(6-8-20)26-25(29)23-12-11-22(17-24(23)32(26)21-9-10-21)34-16-4-15-30-14-3-13-28/h5-8,11-13,17-18,21,28,30H,3-4,9-10,14-16,29H2,1-2H3,(H,31,33). The van der Waals surface area contributed by atoms with E-state index in [9.17, 15) is 4.79 Å². The molecule has 1 aliphatic carbocycles. The quantitative estimate of drug-likeness (QED) is 0.201. The zero-order valence-corrected chi connectivity index (χ0v) is 20.5. The number of nitrogens with zero attached hydrogens (tertiary/aromatic N) is 1. The molecule has 35 heavy (non-hydrogen) atoms. The first-order chi connectivity index (χ1) is 17.0. The van der Waals surface area contributed by atoms with E-state index in [4.69, 9.17) is 20.6 Å². The van der Waals surface area contributed by atoms with E-state index in [0.717, 1.165) is 72.4 Å². The molecule has 1 heterocycles. The maximum absolute atomic E-state index is 11.9. The van der Waals surface area contributed by atoms with Crippen molar-refractivity contribution in [1.82, 2.24) is 9.88 Å². The van der Waals surface area contributed by atoms with Crippen molar-refractivity contribution in [3.63, 3.8) is 0 Å². The monoisotopic (exact) mass is 477 g/mol. The van der Waals surface area contributed by atoms with Crippen LogP contribution >= 0.6 is 0 Å². The number of nitrogens with two attached hydrogens (primary N) is 1. The third kappa shape index (κ3) is 6.14. The Morgan fingerprint density at radius 3 is 2.66 bits per heavy atom. The van der Waals surface area contributed by atoms with Gasteiger partial charge in [-0.05, 0) is 76.6 Å². The Labute approximate surface area is 206 Å². The van der Waals surface area contributed by atoms with E-state index in [0.29, 0.717) is 18.3 Å². The molecule has 8 heteroatoms. The second kappa shape index (κ2) is 11.3. The van der Waals surface area contributed by atoms with Crippen LogP contribution in [0.3, 0.4) is 0 Å². The number of carbonyl (C=O) groups is 1. The predicted molar refractivity (Wildman–Crippen MR) is 142 cm³/mol. The Kier molecular flexibility index (Phi) is 7.92. The number of amides is 1. The SMILES string of the molecule is CC(C)OC(=O)Nc1ccc(-c2c(N)c3ccc(OCCCNCCC=N)cc3n2C2CC2)cc1. The van der Waals surface area contributed by atoms with Gasteiger partial charge in [-0.1, -0.05) is 12.1 Å². The van der Waals surface area contributed by atoms with Crippen molar-refractivity contribution in [3.05, 3.63) is 42.5 Å². The molecule has 0 unspecified atom stereocenters. The summed E-state index contributed by atoms with van der Waals surface area (Å²) in [6, 6.07) is 14.3. The Balaban J connectivity index is 1.51. The average Bonchev–Trinajstić information content (AvgIpc) is 3.62. The second-order valence-corrected chi connectivity index (χ2v) is 9.14. The third-order valence-electron chi connectivity index (χ3n) is 5.91. The minimum absolute atomic E-state index is 0.174. The van der Waals surface area contributed by atoms with Gasteiger partial charge < -0.3 is 30.5 Å². The number of carbonyl (C=O) groups excluding carboxylic acids is 1. The van der Waals surface area contributed by atoms with Gasteiger partial charge in [0.2, 0.25) is 0 Å². The van der Waals surface area contributed by atoms with Crippen LogP contribution in [0.1, 0.15) is 45.6 Å². The van der Waals surface area contributed by atoms with Gasteiger partial charge in [-0.15, -0.1) is 0 Å². The van der Waals surface area contributed by atoms with Gasteiger partial charge in [0.25, 0.3) is 0 Å². The minimum atomic E-state index is -0.464. The summed E-state index contributed by atoms with van der Waals surface area (Å²) in [5, 5.41) is 14.1. The van der Waals surface area contributed by atoms with Gasteiger partial charge >= 0.3 is 6.09 Å². The maximum atomic E-state index is 11.9. The van der Waals surface area contributed by atoms with Gasteiger partial charge in [0, 0.05) is 35.3 Å². The van der Waals surface area contributed by atoms with Gasteiger partial charge in [-0.25, -0.2) is 4.79 Å². The number of anilines is 2. The van der Waals surface area contributed by atoms with Crippen molar-refractivity contribution in [2.24, 2.45) is 0 Å². The van der Waals surface area contributed by atoms with Crippen LogP contribution in [0.2, 0.25) is 0 Å². The van der Waals surface area contributed by atoms with Gasteiger partial charge in [-0.3, -0.25) is 5.32 Å². The molecule has 0 radical (unpaired) electrons. The molecule has 1 aromatic heterocycles. The molecule has 1 fully saturated rings. The highest BCUT2D eigenvalue weighted by atomic mass is 16.6. The van der Waals surface area contributed by atoms with Crippen LogP contribution in [-0.4, -0.2) is 42.7 Å². The molecule has 4 rings (SSSR count). The number of hydrogen-bond donors (Lipinski definition) is 4. The summed E-state index contributed by atoms with van der Waals surface area (Å²) in [6.07, 6.45) is 4.69. The Bertz CT molecular complexity index is 1170. The molecule has 1 aliphatic rings. The summed E-state index contributed by atoms with van der Waals surface area (Å²) < 4.78 is 13.5. The van der Waals surface area contributed by atoms with E-state index >= 15 is 0 Å². The van der Waals surface area contributed by atoms with Gasteiger partial charge in [0.1, 0.15) is 5.75 Å². The van der Waals surface area contributed by atoms with Crippen LogP contribution in [0.25, 0.3) is 22.2 Å². The summed E-state index contributed by atoms with van der Waals surface area (Å²) in [6.45, 7) is 5.95. The van der Waals surface area contributed by atoms with Crippen molar-refractivity contribution < 1.29 is 14.3 Å². The lowest BCUT2D eigenvalue weighted by Gasteiger charge is -2.13. The number of benzene rings is 2. The summed E-state index contributed by atoms with van der Waals surface area (Å²) in [5.41, 5.74) is 11.2. The lowest BCUT2D eigenvalue weighted by Crippen LogP contribution is -2.18. The normalized spacial score (nSPS) is 13.2. The smallest absolute Gasteiger partial charge is 0.411 e. The van der Waals surface area contributed by atoms with E-state index < -0.39 is 6.09 Å². The first-order valence-electron chi connectivity index (χ1n) is 12.3. The molecule has 186 valence electrons. The first-order valence-corrected chi connectivity index (χ1v) is 12.3. The molecule has 5 N–H and O–H groups in total. The lowest BCUT2D eigenvalue weighted by molar-refractivity contribution is 0.130. The number of aromatic nitrogens is 1. The summed E-state index contributed by atoms with van der Waals surface area (Å²) in [4.78, 5) is 11.9. The molecule has 0 spiro atoms. The maximum Gasteiger partial charge on any atom is 0.411 e. The van der Waals surface area contributed by atoms with Crippen LogP contribution in [0, 0.1) is 5.41 Å². The fourth-order valence-electron chi connectivity index (χ4n) is 4.17. The summed E-state index contributed by atoms with van der Waals surface area (Å²) in [5.74, 6) is 0.839. The van der Waals surface area contributed by atoms with E-state index in [1.54, 1.807) is 0 Å². The molecular weight excluding hydrogens is 442 g/mol. The minimum Gasteiger partial charge on any atom is -0.493 e. The van der Waals surface area contributed by atoms with Crippen molar-refractivity contribution >= 4 is 34.6 Å². The van der Waals surface area contributed by atoms with Crippen LogP contribution in [0.4, 0.5) is 16.2 Å². The number of nitrogens with one attached hydrogen (secondary N) is 3. The topological polar surface area (TPSA) is 114 Å². The van der Waals surface area contributed by atoms with Crippen molar-refractivity contribution in [1.29, 1.82) is 5.41 Å². The second-order valence-electron chi connectivity index (χ2n) is 9.14. The molecule has 1 saturated carbocycles. The Morgan fingerprint density at radius 1 is 1.20 bits per heavy atom. The highest BCUT2D eigenvalue weighted by Gasteiger charge is 2.30. The third-order valence-corrected chi connectivity index (χ3v) is 5.91. The number of nitrogen functional groups attached to an aromatic ring is 1. The van der Waals surface area contributed by atoms with Gasteiger partial charge in [0.05, 0.1) is 29.6 Å². The molecule has 2 aromatic carbocycles. The van der Waals surface area contributed by atoms with Gasteiger partial charge in [-0.2, -0.15) is 0 Å². The summed E-state index contributed by atoms with van der Waals surface area (Å²) >= 11 is 0. The number of hydrogen-bond acceptors (Lipinski definition) is 6. The van der Waals surface area contributed by atoms with Crippen molar-refractivity contribution in [2.45, 2.75) is 51.7 Å². The highest BCUT2D eigenvalue weighted by molar-refractivity contribution is 6.02. The fourth-order valence-corrected chi connectivity index (χ4v) is 4.17. The number of fused-ring (bicyclic) bond motifs is 1. The zero-order valence-electron chi connectivity index (χ0n) is 20.5. The van der Waals surface area contributed by atoms with E-state index in [1.807, 2.05) is 50.2 Å².